The first-order valence-corrected chi connectivity index (χ1v) is 8.00. The van der Waals surface area contributed by atoms with E-state index in [0.717, 1.165) is 5.56 Å². The molecule has 3 N–H and O–H groups in total. The summed E-state index contributed by atoms with van der Waals surface area (Å²) in [6.07, 6.45) is 0.270. The first-order chi connectivity index (χ1) is 10.4. The number of rotatable bonds is 8. The van der Waals surface area contributed by atoms with Crippen LogP contribution in [0.1, 0.15) is 12.0 Å². The second-order valence-corrected chi connectivity index (χ2v) is 6.04. The number of nitrogens with zero attached hydrogens (tertiary/aromatic N) is 1. The molecule has 0 aliphatic heterocycles. The van der Waals surface area contributed by atoms with Gasteiger partial charge < -0.3 is 16.0 Å². The highest BCUT2D eigenvalue weighted by Crippen LogP contribution is 2.08. The lowest BCUT2D eigenvalue weighted by Gasteiger charge is -2.16. The SMILES string of the molecule is Cc1ccc(NC(=O)CN(C)C(=O)CCSCC(N)=O)cc1. The van der Waals surface area contributed by atoms with E-state index in [0.29, 0.717) is 11.4 Å². The van der Waals surface area contributed by atoms with Gasteiger partial charge in [-0.1, -0.05) is 17.7 Å². The van der Waals surface area contributed by atoms with E-state index in [2.05, 4.69) is 5.32 Å². The number of carbonyl (C=O) groups excluding carboxylic acids is 3. The molecule has 0 radical (unpaired) electrons. The van der Waals surface area contributed by atoms with Crippen molar-refractivity contribution in [3.63, 3.8) is 0 Å². The third-order valence-electron chi connectivity index (χ3n) is 2.85. The van der Waals surface area contributed by atoms with Crippen molar-refractivity contribution < 1.29 is 14.4 Å². The van der Waals surface area contributed by atoms with Crippen molar-refractivity contribution in [1.82, 2.24) is 4.90 Å². The first kappa shape index (κ1) is 18.0. The second-order valence-electron chi connectivity index (χ2n) is 4.93. The maximum absolute atomic E-state index is 11.9. The smallest absolute Gasteiger partial charge is 0.243 e. The fraction of sp³-hybridized carbons (Fsp3) is 0.400. The fourth-order valence-electron chi connectivity index (χ4n) is 1.66. The predicted molar refractivity (Wildman–Crippen MR) is 88.6 cm³/mol. The van der Waals surface area contributed by atoms with Gasteiger partial charge in [0.2, 0.25) is 17.7 Å². The normalized spacial score (nSPS) is 10.1. The Morgan fingerprint density at radius 1 is 1.23 bits per heavy atom. The minimum atomic E-state index is -0.400. The number of benzene rings is 1. The highest BCUT2D eigenvalue weighted by Gasteiger charge is 2.13. The molecule has 22 heavy (non-hydrogen) atoms. The Hall–Kier alpha value is -2.02. The van der Waals surface area contributed by atoms with Crippen LogP contribution in [0.4, 0.5) is 5.69 Å². The number of primary amides is 1. The van der Waals surface area contributed by atoms with Gasteiger partial charge in [-0.2, -0.15) is 11.8 Å². The summed E-state index contributed by atoms with van der Waals surface area (Å²) in [6, 6.07) is 7.44. The molecule has 0 saturated heterocycles. The Kier molecular flexibility index (Phi) is 7.45. The van der Waals surface area contributed by atoms with Gasteiger partial charge in [0.1, 0.15) is 0 Å². The van der Waals surface area contributed by atoms with Gasteiger partial charge in [-0.05, 0) is 19.1 Å². The molecule has 0 fully saturated rings. The highest BCUT2D eigenvalue weighted by molar-refractivity contribution is 7.99. The number of carbonyl (C=O) groups is 3. The van der Waals surface area contributed by atoms with Crippen LogP contribution in [0.3, 0.4) is 0 Å². The molecule has 7 heteroatoms. The number of likely N-dealkylation sites (N-methyl/N-ethyl adjacent to an activating group) is 1. The Balaban J connectivity index is 2.32. The molecule has 0 atom stereocenters. The van der Waals surface area contributed by atoms with Crippen LogP contribution in [0.5, 0.6) is 0 Å². The van der Waals surface area contributed by atoms with E-state index in [4.69, 9.17) is 5.73 Å². The molecule has 0 spiro atoms. The fourth-order valence-corrected chi connectivity index (χ4v) is 2.33. The Morgan fingerprint density at radius 2 is 1.86 bits per heavy atom. The van der Waals surface area contributed by atoms with E-state index in [1.807, 2.05) is 31.2 Å². The van der Waals surface area contributed by atoms with Crippen LogP contribution in [-0.4, -0.2) is 47.7 Å². The largest absolute Gasteiger partial charge is 0.369 e. The Labute approximate surface area is 134 Å². The zero-order valence-electron chi connectivity index (χ0n) is 12.8. The van der Waals surface area contributed by atoms with Gasteiger partial charge in [-0.15, -0.1) is 0 Å². The second kappa shape index (κ2) is 9.09. The average molecular weight is 323 g/mol. The highest BCUT2D eigenvalue weighted by atomic mass is 32.2. The van der Waals surface area contributed by atoms with Gasteiger partial charge in [-0.3, -0.25) is 14.4 Å². The molecule has 6 nitrogen and oxygen atoms in total. The number of thioether (sulfide) groups is 1. The Morgan fingerprint density at radius 3 is 2.45 bits per heavy atom. The van der Waals surface area contributed by atoms with Gasteiger partial charge in [-0.25, -0.2) is 0 Å². The molecule has 0 bridgehead atoms. The van der Waals surface area contributed by atoms with E-state index < -0.39 is 5.91 Å². The summed E-state index contributed by atoms with van der Waals surface area (Å²) in [4.78, 5) is 35.6. The van der Waals surface area contributed by atoms with Crippen molar-refractivity contribution in [3.05, 3.63) is 29.8 Å². The molecule has 120 valence electrons. The number of hydrogen-bond donors (Lipinski definition) is 2. The van der Waals surface area contributed by atoms with Crippen LogP contribution in [0.2, 0.25) is 0 Å². The van der Waals surface area contributed by atoms with Crippen LogP contribution in [-0.2, 0) is 14.4 Å². The molecular formula is C15H21N3O3S. The summed E-state index contributed by atoms with van der Waals surface area (Å²) < 4.78 is 0. The van der Waals surface area contributed by atoms with Gasteiger partial charge in [0.25, 0.3) is 0 Å². The quantitative estimate of drug-likeness (QED) is 0.698. The molecule has 0 heterocycles. The maximum atomic E-state index is 11.9. The van der Waals surface area contributed by atoms with E-state index in [1.54, 1.807) is 7.05 Å². The number of anilines is 1. The van der Waals surface area contributed by atoms with Crippen LogP contribution in [0.25, 0.3) is 0 Å². The number of nitrogens with one attached hydrogen (secondary N) is 1. The summed E-state index contributed by atoms with van der Waals surface area (Å²) in [7, 11) is 1.58. The lowest BCUT2D eigenvalue weighted by atomic mass is 10.2. The average Bonchev–Trinajstić information content (AvgIpc) is 2.45. The molecule has 0 unspecified atom stereocenters. The molecule has 1 aromatic rings. The summed E-state index contributed by atoms with van der Waals surface area (Å²) in [5.74, 6) is -0.0832. The minimum Gasteiger partial charge on any atom is -0.369 e. The summed E-state index contributed by atoms with van der Waals surface area (Å²) in [5.41, 5.74) is 6.82. The van der Waals surface area contributed by atoms with Crippen molar-refractivity contribution in [1.29, 1.82) is 0 Å². The summed E-state index contributed by atoms with van der Waals surface area (Å²) in [5, 5.41) is 2.74. The zero-order chi connectivity index (χ0) is 16.5. The molecule has 1 rings (SSSR count). The lowest BCUT2D eigenvalue weighted by molar-refractivity contribution is -0.132. The van der Waals surface area contributed by atoms with Crippen LogP contribution in [0, 0.1) is 6.92 Å². The number of nitrogens with two attached hydrogens (primary N) is 1. The molecular weight excluding hydrogens is 302 g/mol. The topological polar surface area (TPSA) is 92.5 Å². The van der Waals surface area contributed by atoms with Crippen molar-refractivity contribution in [2.75, 3.05) is 30.4 Å². The van der Waals surface area contributed by atoms with Crippen molar-refractivity contribution in [2.24, 2.45) is 5.73 Å². The van der Waals surface area contributed by atoms with Gasteiger partial charge in [0.15, 0.2) is 0 Å². The summed E-state index contributed by atoms with van der Waals surface area (Å²) in [6.45, 7) is 1.96. The standard InChI is InChI=1S/C15H21N3O3S/c1-11-3-5-12(6-4-11)17-14(20)9-18(2)15(21)7-8-22-10-13(16)19/h3-6H,7-10H2,1-2H3,(H2,16,19)(H,17,20). The third-order valence-corrected chi connectivity index (χ3v) is 3.83. The van der Waals surface area contributed by atoms with Crippen LogP contribution >= 0.6 is 11.8 Å². The molecule has 1 aromatic carbocycles. The predicted octanol–water partition coefficient (Wildman–Crippen LogP) is 1.00. The molecule has 0 aliphatic carbocycles. The molecule has 0 aromatic heterocycles. The summed E-state index contributed by atoms with van der Waals surface area (Å²) >= 11 is 1.31. The lowest BCUT2D eigenvalue weighted by Crippen LogP contribution is -2.35. The van der Waals surface area contributed by atoms with Crippen molar-refractivity contribution >= 4 is 35.2 Å². The molecule has 3 amide bonds. The van der Waals surface area contributed by atoms with Crippen LogP contribution in [0.15, 0.2) is 24.3 Å². The number of amides is 3. The maximum Gasteiger partial charge on any atom is 0.243 e. The Bertz CT molecular complexity index is 531. The van der Waals surface area contributed by atoms with E-state index in [1.165, 1.54) is 16.7 Å². The molecule has 0 aliphatic rings. The van der Waals surface area contributed by atoms with Crippen molar-refractivity contribution in [2.45, 2.75) is 13.3 Å². The van der Waals surface area contributed by atoms with Crippen molar-refractivity contribution in [3.8, 4) is 0 Å². The zero-order valence-corrected chi connectivity index (χ0v) is 13.6. The van der Waals surface area contributed by atoms with Gasteiger partial charge >= 0.3 is 0 Å². The van der Waals surface area contributed by atoms with Gasteiger partial charge in [0.05, 0.1) is 12.3 Å². The van der Waals surface area contributed by atoms with E-state index >= 15 is 0 Å². The first-order valence-electron chi connectivity index (χ1n) is 6.85. The minimum absolute atomic E-state index is 0.00675. The van der Waals surface area contributed by atoms with E-state index in [-0.39, 0.29) is 30.5 Å². The van der Waals surface area contributed by atoms with Crippen LogP contribution < -0.4 is 11.1 Å². The van der Waals surface area contributed by atoms with Gasteiger partial charge in [0, 0.05) is 24.9 Å². The number of hydrogen-bond acceptors (Lipinski definition) is 4. The van der Waals surface area contributed by atoms with E-state index in [9.17, 15) is 14.4 Å². The number of aryl methyl sites for hydroxylation is 1. The monoisotopic (exact) mass is 323 g/mol. The third kappa shape index (κ3) is 7.12. The molecule has 0 saturated carbocycles.